The first kappa shape index (κ1) is 14.6. The SMILES string of the molecule is CC[C@@H](C)[C@H]1COC2c3cccn3[C@@H](CC(C)C)C(=O)N21. The van der Waals surface area contributed by atoms with E-state index in [4.69, 9.17) is 4.74 Å². The summed E-state index contributed by atoms with van der Waals surface area (Å²) in [6.07, 6.45) is 3.80. The molecule has 4 heteroatoms. The van der Waals surface area contributed by atoms with E-state index in [9.17, 15) is 4.79 Å². The maximum atomic E-state index is 13.1. The van der Waals surface area contributed by atoms with Crippen LogP contribution in [0.3, 0.4) is 0 Å². The lowest BCUT2D eigenvalue weighted by atomic mass is 9.95. The van der Waals surface area contributed by atoms with Crippen LogP contribution in [0.25, 0.3) is 0 Å². The van der Waals surface area contributed by atoms with Crippen molar-refractivity contribution in [3.8, 4) is 0 Å². The van der Waals surface area contributed by atoms with Crippen molar-refractivity contribution < 1.29 is 9.53 Å². The number of carbonyl (C=O) groups excluding carboxylic acids is 1. The highest BCUT2D eigenvalue weighted by Crippen LogP contribution is 2.42. The molecule has 21 heavy (non-hydrogen) atoms. The molecule has 0 saturated carbocycles. The summed E-state index contributed by atoms with van der Waals surface area (Å²) in [5.41, 5.74) is 1.13. The predicted octanol–water partition coefficient (Wildman–Crippen LogP) is 3.36. The van der Waals surface area contributed by atoms with Crippen LogP contribution < -0.4 is 0 Å². The fourth-order valence-electron chi connectivity index (χ4n) is 3.59. The molecule has 1 amide bonds. The molecule has 0 spiro atoms. The highest BCUT2D eigenvalue weighted by Gasteiger charge is 2.48. The molecule has 0 radical (unpaired) electrons. The summed E-state index contributed by atoms with van der Waals surface area (Å²) in [4.78, 5) is 15.1. The average molecular weight is 290 g/mol. The van der Waals surface area contributed by atoms with Crippen LogP contribution in [0.15, 0.2) is 18.3 Å². The number of amides is 1. The lowest BCUT2D eigenvalue weighted by Gasteiger charge is -2.40. The van der Waals surface area contributed by atoms with E-state index in [1.165, 1.54) is 0 Å². The summed E-state index contributed by atoms with van der Waals surface area (Å²) in [5.74, 6) is 1.21. The number of rotatable bonds is 4. The first-order valence-corrected chi connectivity index (χ1v) is 8.15. The number of fused-ring (bicyclic) bond motifs is 3. The van der Waals surface area contributed by atoms with Gasteiger partial charge in [-0.15, -0.1) is 0 Å². The van der Waals surface area contributed by atoms with Gasteiger partial charge in [0, 0.05) is 6.20 Å². The molecule has 4 atom stereocenters. The van der Waals surface area contributed by atoms with Crippen LogP contribution in [0, 0.1) is 11.8 Å². The van der Waals surface area contributed by atoms with E-state index in [2.05, 4.69) is 38.3 Å². The summed E-state index contributed by atoms with van der Waals surface area (Å²) in [6.45, 7) is 9.41. The van der Waals surface area contributed by atoms with Gasteiger partial charge in [0.25, 0.3) is 0 Å². The highest BCUT2D eigenvalue weighted by atomic mass is 16.5. The molecule has 116 valence electrons. The minimum absolute atomic E-state index is 0.0699. The molecule has 1 fully saturated rings. The van der Waals surface area contributed by atoms with Crippen molar-refractivity contribution >= 4 is 5.91 Å². The van der Waals surface area contributed by atoms with Gasteiger partial charge in [-0.3, -0.25) is 4.79 Å². The molecule has 2 aliphatic rings. The summed E-state index contributed by atoms with van der Waals surface area (Å²) in [7, 11) is 0. The Labute approximate surface area is 127 Å². The van der Waals surface area contributed by atoms with Gasteiger partial charge in [-0.05, 0) is 30.4 Å². The van der Waals surface area contributed by atoms with Gasteiger partial charge in [0.1, 0.15) is 6.04 Å². The van der Waals surface area contributed by atoms with Gasteiger partial charge in [0.15, 0.2) is 6.23 Å². The molecule has 1 saturated heterocycles. The Bertz CT molecular complexity index is 523. The topological polar surface area (TPSA) is 34.5 Å². The molecular formula is C17H26N2O2. The third-order valence-electron chi connectivity index (χ3n) is 4.97. The Morgan fingerprint density at radius 3 is 2.81 bits per heavy atom. The zero-order valence-corrected chi connectivity index (χ0v) is 13.5. The van der Waals surface area contributed by atoms with E-state index in [0.717, 1.165) is 18.5 Å². The van der Waals surface area contributed by atoms with Gasteiger partial charge in [-0.2, -0.15) is 0 Å². The lowest BCUT2D eigenvalue weighted by Crippen LogP contribution is -2.49. The summed E-state index contributed by atoms with van der Waals surface area (Å²) < 4.78 is 8.11. The summed E-state index contributed by atoms with van der Waals surface area (Å²) >= 11 is 0. The van der Waals surface area contributed by atoms with Crippen LogP contribution in [0.2, 0.25) is 0 Å². The molecule has 1 aromatic heterocycles. The average Bonchev–Trinajstić information content (AvgIpc) is 3.07. The Balaban J connectivity index is 1.97. The van der Waals surface area contributed by atoms with Gasteiger partial charge in [0.05, 0.1) is 18.3 Å². The third-order valence-corrected chi connectivity index (χ3v) is 4.97. The maximum absolute atomic E-state index is 13.1. The second-order valence-corrected chi connectivity index (χ2v) is 6.87. The molecule has 0 aliphatic carbocycles. The van der Waals surface area contributed by atoms with Gasteiger partial charge in [-0.25, -0.2) is 0 Å². The largest absolute Gasteiger partial charge is 0.350 e. The minimum Gasteiger partial charge on any atom is -0.350 e. The monoisotopic (exact) mass is 290 g/mol. The normalized spacial score (nSPS) is 29.7. The van der Waals surface area contributed by atoms with E-state index >= 15 is 0 Å². The molecule has 0 aromatic carbocycles. The fraction of sp³-hybridized carbons (Fsp3) is 0.706. The van der Waals surface area contributed by atoms with Crippen LogP contribution in [0.4, 0.5) is 0 Å². The summed E-state index contributed by atoms with van der Waals surface area (Å²) in [5, 5.41) is 0. The molecule has 0 N–H and O–H groups in total. The molecule has 1 unspecified atom stereocenters. The predicted molar refractivity (Wildman–Crippen MR) is 81.7 cm³/mol. The van der Waals surface area contributed by atoms with Crippen molar-refractivity contribution in [3.05, 3.63) is 24.0 Å². The Morgan fingerprint density at radius 1 is 1.38 bits per heavy atom. The standard InChI is InChI=1S/C17H26N2O2/c1-5-12(4)15-10-21-17-13-7-6-8-18(13)14(9-11(2)3)16(20)19(15)17/h6-8,11-12,14-15,17H,5,9-10H2,1-4H3/t12-,14+,15-,17?/m1/s1. The molecule has 0 bridgehead atoms. The molecule has 3 heterocycles. The molecular weight excluding hydrogens is 264 g/mol. The van der Waals surface area contributed by atoms with Crippen LogP contribution >= 0.6 is 0 Å². The Morgan fingerprint density at radius 2 is 2.14 bits per heavy atom. The second-order valence-electron chi connectivity index (χ2n) is 6.87. The molecule has 4 nitrogen and oxygen atoms in total. The van der Waals surface area contributed by atoms with E-state index in [1.807, 2.05) is 17.2 Å². The van der Waals surface area contributed by atoms with E-state index < -0.39 is 0 Å². The number of hydrogen-bond acceptors (Lipinski definition) is 2. The van der Waals surface area contributed by atoms with Gasteiger partial charge >= 0.3 is 0 Å². The molecule has 3 rings (SSSR count). The third kappa shape index (κ3) is 2.30. The van der Waals surface area contributed by atoms with Crippen LogP contribution in [0.1, 0.15) is 58.5 Å². The fourth-order valence-corrected chi connectivity index (χ4v) is 3.59. The highest BCUT2D eigenvalue weighted by molar-refractivity contribution is 5.82. The van der Waals surface area contributed by atoms with Crippen molar-refractivity contribution in [1.29, 1.82) is 0 Å². The van der Waals surface area contributed by atoms with Crippen LogP contribution in [0.5, 0.6) is 0 Å². The summed E-state index contributed by atoms with van der Waals surface area (Å²) in [6, 6.07) is 4.26. The smallest absolute Gasteiger partial charge is 0.248 e. The maximum Gasteiger partial charge on any atom is 0.248 e. The quantitative estimate of drug-likeness (QED) is 0.852. The van der Waals surface area contributed by atoms with E-state index in [0.29, 0.717) is 18.4 Å². The number of hydrogen-bond donors (Lipinski definition) is 0. The van der Waals surface area contributed by atoms with Crippen molar-refractivity contribution in [1.82, 2.24) is 9.47 Å². The van der Waals surface area contributed by atoms with Gasteiger partial charge in [-0.1, -0.05) is 34.1 Å². The Hall–Kier alpha value is -1.29. The van der Waals surface area contributed by atoms with Crippen molar-refractivity contribution in [3.63, 3.8) is 0 Å². The first-order valence-electron chi connectivity index (χ1n) is 8.15. The van der Waals surface area contributed by atoms with Crippen molar-refractivity contribution in [2.24, 2.45) is 11.8 Å². The van der Waals surface area contributed by atoms with Crippen molar-refractivity contribution in [2.45, 2.75) is 58.8 Å². The van der Waals surface area contributed by atoms with Gasteiger partial charge in [0.2, 0.25) is 5.91 Å². The zero-order valence-electron chi connectivity index (χ0n) is 13.5. The van der Waals surface area contributed by atoms with E-state index in [-0.39, 0.29) is 24.2 Å². The number of aromatic nitrogens is 1. The second kappa shape index (κ2) is 5.48. The van der Waals surface area contributed by atoms with E-state index in [1.54, 1.807) is 0 Å². The number of nitrogens with zero attached hydrogens (tertiary/aromatic N) is 2. The lowest BCUT2D eigenvalue weighted by molar-refractivity contribution is -0.147. The molecule has 1 aromatic rings. The van der Waals surface area contributed by atoms with Gasteiger partial charge < -0.3 is 14.2 Å². The Kier molecular flexibility index (Phi) is 3.82. The van der Waals surface area contributed by atoms with Crippen molar-refractivity contribution in [2.75, 3.05) is 6.61 Å². The molecule has 2 aliphatic heterocycles. The first-order chi connectivity index (χ1) is 10.0. The van der Waals surface area contributed by atoms with Crippen LogP contribution in [-0.2, 0) is 9.53 Å². The van der Waals surface area contributed by atoms with Crippen LogP contribution in [-0.4, -0.2) is 28.0 Å². The zero-order chi connectivity index (χ0) is 15.1. The number of ether oxygens (including phenoxy) is 1. The minimum atomic E-state index is -0.185. The number of carbonyl (C=O) groups is 1.